The van der Waals surface area contributed by atoms with Gasteiger partial charge in [0.15, 0.2) is 0 Å². The molecule has 0 aliphatic heterocycles. The van der Waals surface area contributed by atoms with E-state index >= 15 is 0 Å². The minimum atomic E-state index is -0.664. The van der Waals surface area contributed by atoms with E-state index in [-0.39, 0.29) is 0 Å². The molecule has 0 radical (unpaired) electrons. The highest BCUT2D eigenvalue weighted by Gasteiger charge is 2.20. The molecular formula is C7H18N2O. The highest BCUT2D eigenvalue weighted by molar-refractivity contribution is 4.75. The topological polar surface area (TPSA) is 58.3 Å². The van der Waals surface area contributed by atoms with Crippen LogP contribution in [0.2, 0.25) is 0 Å². The van der Waals surface area contributed by atoms with Crippen molar-refractivity contribution in [2.45, 2.75) is 32.8 Å². The van der Waals surface area contributed by atoms with Crippen LogP contribution < -0.4 is 11.3 Å². The first-order valence-corrected chi connectivity index (χ1v) is 3.64. The van der Waals surface area contributed by atoms with Gasteiger partial charge in [-0.1, -0.05) is 13.8 Å². The summed E-state index contributed by atoms with van der Waals surface area (Å²) in [6.45, 7) is 6.38. The Labute approximate surface area is 62.6 Å². The third-order valence-corrected chi connectivity index (χ3v) is 1.33. The van der Waals surface area contributed by atoms with Gasteiger partial charge in [-0.2, -0.15) is 0 Å². The first-order valence-electron chi connectivity index (χ1n) is 3.64. The molecule has 0 aromatic carbocycles. The van der Waals surface area contributed by atoms with Gasteiger partial charge in [-0.15, -0.1) is 0 Å². The van der Waals surface area contributed by atoms with Crippen molar-refractivity contribution in [2.24, 2.45) is 11.8 Å². The highest BCUT2D eigenvalue weighted by atomic mass is 16.3. The first kappa shape index (κ1) is 9.88. The molecular weight excluding hydrogens is 128 g/mol. The molecule has 0 aliphatic carbocycles. The van der Waals surface area contributed by atoms with Crippen molar-refractivity contribution < 1.29 is 5.11 Å². The van der Waals surface area contributed by atoms with E-state index in [1.54, 1.807) is 6.92 Å². The van der Waals surface area contributed by atoms with Crippen LogP contribution in [0.4, 0.5) is 0 Å². The van der Waals surface area contributed by atoms with E-state index in [9.17, 15) is 5.11 Å². The van der Waals surface area contributed by atoms with Gasteiger partial charge in [0, 0.05) is 6.54 Å². The number of nitrogens with two attached hydrogens (primary N) is 1. The van der Waals surface area contributed by atoms with Crippen molar-refractivity contribution in [1.29, 1.82) is 0 Å². The van der Waals surface area contributed by atoms with E-state index in [1.807, 2.05) is 0 Å². The molecule has 0 aromatic heterocycles. The molecule has 0 rings (SSSR count). The normalized spacial score (nSPS) is 17.4. The lowest BCUT2D eigenvalue weighted by molar-refractivity contribution is 0.0388. The average Bonchev–Trinajstić information content (AvgIpc) is 1.59. The second-order valence-corrected chi connectivity index (χ2v) is 3.48. The fourth-order valence-electron chi connectivity index (χ4n) is 1.17. The Morgan fingerprint density at radius 3 is 2.40 bits per heavy atom. The molecule has 0 aromatic rings. The van der Waals surface area contributed by atoms with Gasteiger partial charge >= 0.3 is 0 Å². The Morgan fingerprint density at radius 1 is 1.60 bits per heavy atom. The summed E-state index contributed by atoms with van der Waals surface area (Å²) in [4.78, 5) is 0. The number of hydrogen-bond donors (Lipinski definition) is 3. The van der Waals surface area contributed by atoms with Crippen LogP contribution in [0.15, 0.2) is 0 Å². The van der Waals surface area contributed by atoms with Crippen molar-refractivity contribution in [3.8, 4) is 0 Å². The summed E-state index contributed by atoms with van der Waals surface area (Å²) < 4.78 is 0. The first-order chi connectivity index (χ1) is 4.48. The lowest BCUT2D eigenvalue weighted by Crippen LogP contribution is -2.41. The maximum absolute atomic E-state index is 9.54. The average molecular weight is 146 g/mol. The van der Waals surface area contributed by atoms with Gasteiger partial charge in [0.2, 0.25) is 0 Å². The summed E-state index contributed by atoms with van der Waals surface area (Å²) in [5.41, 5.74) is 1.80. The van der Waals surface area contributed by atoms with E-state index in [2.05, 4.69) is 19.3 Å². The summed E-state index contributed by atoms with van der Waals surface area (Å²) >= 11 is 0. The molecule has 3 nitrogen and oxygen atoms in total. The fourth-order valence-corrected chi connectivity index (χ4v) is 1.17. The molecule has 0 fully saturated rings. The van der Waals surface area contributed by atoms with E-state index in [0.29, 0.717) is 12.5 Å². The molecule has 10 heavy (non-hydrogen) atoms. The van der Waals surface area contributed by atoms with E-state index in [4.69, 9.17) is 5.84 Å². The molecule has 0 saturated carbocycles. The molecule has 4 N–H and O–H groups in total. The van der Waals surface area contributed by atoms with Crippen molar-refractivity contribution >= 4 is 0 Å². The highest BCUT2D eigenvalue weighted by Crippen LogP contribution is 2.14. The minimum Gasteiger partial charge on any atom is -0.389 e. The monoisotopic (exact) mass is 146 g/mol. The molecule has 62 valence electrons. The zero-order valence-electron chi connectivity index (χ0n) is 7.02. The number of aliphatic hydroxyl groups is 1. The van der Waals surface area contributed by atoms with Gasteiger partial charge in [0.25, 0.3) is 0 Å². The maximum atomic E-state index is 9.54. The molecule has 0 bridgehead atoms. The zero-order chi connectivity index (χ0) is 8.20. The summed E-state index contributed by atoms with van der Waals surface area (Å²) in [7, 11) is 0. The summed E-state index contributed by atoms with van der Waals surface area (Å²) in [5.74, 6) is 5.58. The van der Waals surface area contributed by atoms with Gasteiger partial charge in [-0.05, 0) is 19.3 Å². The molecule has 0 saturated heterocycles. The molecule has 0 spiro atoms. The summed E-state index contributed by atoms with van der Waals surface area (Å²) in [5, 5.41) is 9.54. The second-order valence-electron chi connectivity index (χ2n) is 3.48. The molecule has 3 heteroatoms. The van der Waals surface area contributed by atoms with Crippen LogP contribution in [-0.4, -0.2) is 17.3 Å². The van der Waals surface area contributed by atoms with Crippen molar-refractivity contribution in [2.75, 3.05) is 6.54 Å². The Hall–Kier alpha value is -0.120. The fraction of sp³-hybridized carbons (Fsp3) is 1.00. The van der Waals surface area contributed by atoms with Crippen LogP contribution in [0.5, 0.6) is 0 Å². The number of nitrogens with one attached hydrogen (secondary N) is 1. The summed E-state index contributed by atoms with van der Waals surface area (Å²) in [6.07, 6.45) is 0.775. The third-order valence-electron chi connectivity index (χ3n) is 1.33. The SMILES string of the molecule is CC(C)CC(C)(O)CNN. The number of hydrazine groups is 1. The zero-order valence-corrected chi connectivity index (χ0v) is 7.02. The lowest BCUT2D eigenvalue weighted by Gasteiger charge is -2.24. The predicted octanol–water partition coefficient (Wildman–Crippen LogP) is 0.247. The van der Waals surface area contributed by atoms with Gasteiger partial charge in [-0.3, -0.25) is 11.3 Å². The Kier molecular flexibility index (Phi) is 3.86. The van der Waals surface area contributed by atoms with E-state index in [1.165, 1.54) is 0 Å². The smallest absolute Gasteiger partial charge is 0.0759 e. The van der Waals surface area contributed by atoms with Crippen LogP contribution >= 0.6 is 0 Å². The second kappa shape index (κ2) is 3.91. The van der Waals surface area contributed by atoms with Gasteiger partial charge in [0.05, 0.1) is 5.60 Å². The number of hydrogen-bond acceptors (Lipinski definition) is 3. The van der Waals surface area contributed by atoms with Gasteiger partial charge in [-0.25, -0.2) is 0 Å². The van der Waals surface area contributed by atoms with Crippen LogP contribution in [0.3, 0.4) is 0 Å². The van der Waals surface area contributed by atoms with Gasteiger partial charge < -0.3 is 5.11 Å². The Morgan fingerprint density at radius 2 is 2.10 bits per heavy atom. The van der Waals surface area contributed by atoms with Crippen molar-refractivity contribution in [3.63, 3.8) is 0 Å². The summed E-state index contributed by atoms with van der Waals surface area (Å²) in [6, 6.07) is 0. The largest absolute Gasteiger partial charge is 0.389 e. The molecule has 0 heterocycles. The quantitative estimate of drug-likeness (QED) is 0.393. The van der Waals surface area contributed by atoms with E-state index in [0.717, 1.165) is 6.42 Å². The molecule has 1 atom stereocenters. The molecule has 1 unspecified atom stereocenters. The minimum absolute atomic E-state index is 0.450. The maximum Gasteiger partial charge on any atom is 0.0759 e. The Balaban J connectivity index is 3.63. The van der Waals surface area contributed by atoms with E-state index < -0.39 is 5.60 Å². The molecule has 0 aliphatic rings. The Bertz CT molecular complexity index is 91.6. The number of rotatable bonds is 4. The standard InChI is InChI=1S/C7H18N2O/c1-6(2)4-7(3,10)5-9-8/h6,9-10H,4-5,8H2,1-3H3. The van der Waals surface area contributed by atoms with Crippen LogP contribution in [0.25, 0.3) is 0 Å². The van der Waals surface area contributed by atoms with Crippen molar-refractivity contribution in [3.05, 3.63) is 0 Å². The van der Waals surface area contributed by atoms with Crippen LogP contribution in [0.1, 0.15) is 27.2 Å². The lowest BCUT2D eigenvalue weighted by atomic mass is 9.95. The van der Waals surface area contributed by atoms with Gasteiger partial charge in [0.1, 0.15) is 0 Å². The predicted molar refractivity (Wildman–Crippen MR) is 42.3 cm³/mol. The molecule has 0 amide bonds. The third kappa shape index (κ3) is 4.73. The van der Waals surface area contributed by atoms with Crippen LogP contribution in [0, 0.1) is 5.92 Å². The van der Waals surface area contributed by atoms with Crippen LogP contribution in [-0.2, 0) is 0 Å². The van der Waals surface area contributed by atoms with Crippen molar-refractivity contribution in [1.82, 2.24) is 5.43 Å².